The summed E-state index contributed by atoms with van der Waals surface area (Å²) in [4.78, 5) is 4.06. The molecule has 5 heteroatoms. The van der Waals surface area contributed by atoms with Crippen LogP contribution in [0.3, 0.4) is 0 Å². The molecule has 0 unspecified atom stereocenters. The molecule has 0 spiro atoms. The monoisotopic (exact) mass is 270 g/mol. The van der Waals surface area contributed by atoms with Crippen LogP contribution in [0.1, 0.15) is 6.42 Å². The fourth-order valence-corrected chi connectivity index (χ4v) is 1.75. The second-order valence-corrected chi connectivity index (χ2v) is 4.35. The lowest BCUT2D eigenvalue weighted by Gasteiger charge is -2.21. The molecule has 0 aromatic carbocycles. The Morgan fingerprint density at radius 1 is 1.40 bits per heavy atom. The molecule has 0 radical (unpaired) electrons. The highest BCUT2D eigenvalue weighted by Gasteiger charge is 2.23. The number of halogens is 1. The first-order valence-electron chi connectivity index (χ1n) is 4.63. The maximum atomic E-state index is 9.82. The highest BCUT2D eigenvalue weighted by atomic mass is 79.9. The molecule has 0 fully saturated rings. The fraction of sp³-hybridized carbons (Fsp3) is 0.300. The molecule has 0 bridgehead atoms. The second-order valence-electron chi connectivity index (χ2n) is 3.43. The van der Waals surface area contributed by atoms with Crippen LogP contribution in [0.25, 0.3) is 0 Å². The van der Waals surface area contributed by atoms with Gasteiger partial charge in [-0.3, -0.25) is 5.21 Å². The van der Waals surface area contributed by atoms with Gasteiger partial charge in [0.25, 0.3) is 0 Å². The number of anilines is 1. The smallest absolute Gasteiger partial charge is 0.152 e. The molecular weight excluding hydrogens is 260 g/mol. The number of aromatic nitrogens is 1. The first kappa shape index (κ1) is 10.6. The first-order valence-corrected chi connectivity index (χ1v) is 5.42. The summed E-state index contributed by atoms with van der Waals surface area (Å²) in [6, 6.07) is 3.32. The molecule has 2 rings (SSSR count). The number of pyridine rings is 1. The van der Waals surface area contributed by atoms with Crippen molar-refractivity contribution in [1.82, 2.24) is 4.98 Å². The van der Waals surface area contributed by atoms with Gasteiger partial charge in [0, 0.05) is 17.1 Å². The largest absolute Gasteiger partial charge is 0.389 e. The summed E-state index contributed by atoms with van der Waals surface area (Å²) >= 11 is 3.27. The number of rotatable bonds is 2. The molecule has 0 saturated heterocycles. The average Bonchev–Trinajstić information content (AvgIpc) is 2.65. The molecule has 15 heavy (non-hydrogen) atoms. The Morgan fingerprint density at radius 3 is 2.73 bits per heavy atom. The van der Waals surface area contributed by atoms with E-state index in [1.807, 2.05) is 0 Å². The Balaban J connectivity index is 2.11. The number of nitrogens with zero attached hydrogens (tertiary/aromatic N) is 2. The minimum Gasteiger partial charge on any atom is -0.389 e. The van der Waals surface area contributed by atoms with Gasteiger partial charge in [-0.1, -0.05) is 12.2 Å². The number of hydrogen-bond acceptors (Lipinski definition) is 4. The Labute approximate surface area is 96.0 Å². The van der Waals surface area contributed by atoms with Crippen molar-refractivity contribution in [2.45, 2.75) is 18.6 Å². The van der Waals surface area contributed by atoms with Gasteiger partial charge < -0.3 is 5.11 Å². The average molecular weight is 271 g/mol. The van der Waals surface area contributed by atoms with Crippen molar-refractivity contribution in [2.24, 2.45) is 0 Å². The normalized spacial score (nSPS) is 24.5. The van der Waals surface area contributed by atoms with Crippen LogP contribution in [0.5, 0.6) is 0 Å². The third kappa shape index (κ3) is 2.37. The Morgan fingerprint density at radius 2 is 2.20 bits per heavy atom. The molecule has 1 aromatic rings. The van der Waals surface area contributed by atoms with Crippen molar-refractivity contribution in [3.8, 4) is 0 Å². The van der Waals surface area contributed by atoms with Gasteiger partial charge in [-0.25, -0.2) is 10.0 Å². The molecule has 0 saturated carbocycles. The van der Waals surface area contributed by atoms with Crippen LogP contribution >= 0.6 is 15.9 Å². The molecular formula is C10H11BrN2O2. The lowest BCUT2D eigenvalue weighted by atomic mass is 10.2. The third-order valence-electron chi connectivity index (χ3n) is 2.30. The van der Waals surface area contributed by atoms with Crippen LogP contribution in [0.4, 0.5) is 5.82 Å². The topological polar surface area (TPSA) is 56.6 Å². The standard InChI is InChI=1S/C10H11BrN2O2/c11-7-1-4-10(12-6-7)13(15)8-2-3-9(14)5-8/h1-4,6,8-9,14-15H,5H2/t8-,9-/m1/s1. The Hall–Kier alpha value is -0.910. The van der Waals surface area contributed by atoms with E-state index in [4.69, 9.17) is 0 Å². The van der Waals surface area contributed by atoms with Crippen molar-refractivity contribution >= 4 is 21.7 Å². The van der Waals surface area contributed by atoms with Crippen LogP contribution in [0.2, 0.25) is 0 Å². The summed E-state index contributed by atoms with van der Waals surface area (Å²) < 4.78 is 0.863. The molecule has 0 amide bonds. The molecule has 2 atom stereocenters. The van der Waals surface area contributed by atoms with Crippen molar-refractivity contribution in [1.29, 1.82) is 0 Å². The molecule has 80 valence electrons. The van der Waals surface area contributed by atoms with E-state index in [1.165, 1.54) is 0 Å². The molecule has 0 aliphatic heterocycles. The van der Waals surface area contributed by atoms with E-state index in [-0.39, 0.29) is 6.04 Å². The van der Waals surface area contributed by atoms with E-state index in [0.717, 1.165) is 9.54 Å². The molecule has 1 aliphatic carbocycles. The van der Waals surface area contributed by atoms with Crippen molar-refractivity contribution < 1.29 is 10.3 Å². The van der Waals surface area contributed by atoms with Crippen LogP contribution < -0.4 is 5.06 Å². The Kier molecular flexibility index (Phi) is 3.04. The molecule has 1 heterocycles. The van der Waals surface area contributed by atoms with Crippen LogP contribution in [-0.4, -0.2) is 27.4 Å². The van der Waals surface area contributed by atoms with E-state index in [9.17, 15) is 10.3 Å². The zero-order valence-corrected chi connectivity index (χ0v) is 9.50. The quantitative estimate of drug-likeness (QED) is 0.635. The first-order chi connectivity index (χ1) is 7.16. The van der Waals surface area contributed by atoms with Crippen molar-refractivity contribution in [2.75, 3.05) is 5.06 Å². The number of hydroxylamine groups is 1. The van der Waals surface area contributed by atoms with Gasteiger partial charge in [0.05, 0.1) is 12.1 Å². The van der Waals surface area contributed by atoms with E-state index < -0.39 is 6.10 Å². The predicted octanol–water partition coefficient (Wildman–Crippen LogP) is 1.73. The lowest BCUT2D eigenvalue weighted by molar-refractivity contribution is 0.181. The Bertz CT molecular complexity index is 366. The van der Waals surface area contributed by atoms with E-state index >= 15 is 0 Å². The van der Waals surface area contributed by atoms with Gasteiger partial charge in [-0.15, -0.1) is 0 Å². The summed E-state index contributed by atoms with van der Waals surface area (Å²) in [6.07, 6.45) is 5.09. The summed E-state index contributed by atoms with van der Waals surface area (Å²) in [6.45, 7) is 0. The minimum atomic E-state index is -0.472. The lowest BCUT2D eigenvalue weighted by Crippen LogP contribution is -2.30. The highest BCUT2D eigenvalue weighted by molar-refractivity contribution is 9.10. The van der Waals surface area contributed by atoms with Gasteiger partial charge in [0.1, 0.15) is 0 Å². The highest BCUT2D eigenvalue weighted by Crippen LogP contribution is 2.21. The minimum absolute atomic E-state index is 0.200. The van der Waals surface area contributed by atoms with Crippen molar-refractivity contribution in [3.05, 3.63) is 35.0 Å². The van der Waals surface area contributed by atoms with Crippen LogP contribution in [0.15, 0.2) is 35.0 Å². The summed E-state index contributed by atoms with van der Waals surface area (Å²) in [5.41, 5.74) is 0. The molecule has 1 aliphatic rings. The maximum absolute atomic E-state index is 9.82. The SMILES string of the molecule is O[C@@H]1C=C[C@@H](N(O)c2ccc(Br)cn2)C1. The second kappa shape index (κ2) is 4.30. The van der Waals surface area contributed by atoms with Gasteiger partial charge in [0.2, 0.25) is 0 Å². The zero-order valence-electron chi connectivity index (χ0n) is 7.92. The fourth-order valence-electron chi connectivity index (χ4n) is 1.52. The summed E-state index contributed by atoms with van der Waals surface area (Å²) in [5, 5.41) is 20.2. The van der Waals surface area contributed by atoms with Gasteiger partial charge >= 0.3 is 0 Å². The van der Waals surface area contributed by atoms with Gasteiger partial charge in [-0.2, -0.15) is 0 Å². The molecule has 2 N–H and O–H groups in total. The van der Waals surface area contributed by atoms with Gasteiger partial charge in [0.15, 0.2) is 5.82 Å². The van der Waals surface area contributed by atoms with E-state index in [0.29, 0.717) is 12.2 Å². The summed E-state index contributed by atoms with van der Waals surface area (Å²) in [7, 11) is 0. The van der Waals surface area contributed by atoms with Crippen LogP contribution in [0, 0.1) is 0 Å². The number of hydrogen-bond donors (Lipinski definition) is 2. The third-order valence-corrected chi connectivity index (χ3v) is 2.77. The van der Waals surface area contributed by atoms with Gasteiger partial charge in [-0.05, 0) is 28.1 Å². The predicted molar refractivity (Wildman–Crippen MR) is 59.8 cm³/mol. The zero-order chi connectivity index (χ0) is 10.8. The van der Waals surface area contributed by atoms with E-state index in [2.05, 4.69) is 20.9 Å². The van der Waals surface area contributed by atoms with E-state index in [1.54, 1.807) is 30.5 Å². The molecule has 4 nitrogen and oxygen atoms in total. The number of aliphatic hydroxyl groups excluding tert-OH is 1. The number of aliphatic hydroxyl groups is 1. The molecule has 1 aromatic heterocycles. The summed E-state index contributed by atoms with van der Waals surface area (Å²) in [5.74, 6) is 0.474. The van der Waals surface area contributed by atoms with Crippen molar-refractivity contribution in [3.63, 3.8) is 0 Å². The van der Waals surface area contributed by atoms with Crippen LogP contribution in [-0.2, 0) is 0 Å². The maximum Gasteiger partial charge on any atom is 0.152 e.